The van der Waals surface area contributed by atoms with Gasteiger partial charge in [0.15, 0.2) is 0 Å². The Morgan fingerprint density at radius 1 is 1.57 bits per heavy atom. The molecule has 0 amide bonds. The van der Waals surface area contributed by atoms with Crippen molar-refractivity contribution in [3.05, 3.63) is 22.1 Å². The van der Waals surface area contributed by atoms with Gasteiger partial charge in [-0.05, 0) is 19.4 Å². The summed E-state index contributed by atoms with van der Waals surface area (Å²) in [5.41, 5.74) is 6.11. The number of nitrogen functional groups attached to an aromatic ring is 1. The van der Waals surface area contributed by atoms with Crippen LogP contribution in [0.3, 0.4) is 0 Å². The largest absolute Gasteiger partial charge is 0.369 e. The molecule has 2 heterocycles. The highest BCUT2D eigenvalue weighted by Gasteiger charge is 2.16. The Kier molecular flexibility index (Phi) is 2.49. The van der Waals surface area contributed by atoms with E-state index in [-0.39, 0.29) is 11.5 Å². The lowest BCUT2D eigenvalue weighted by Gasteiger charge is -2.21. The Labute approximate surface area is 81.7 Å². The van der Waals surface area contributed by atoms with Crippen molar-refractivity contribution >= 4 is 5.95 Å². The summed E-state index contributed by atoms with van der Waals surface area (Å²) in [6.45, 7) is 1.94. The minimum Gasteiger partial charge on any atom is -0.369 e. The average Bonchev–Trinajstić information content (AvgIpc) is 2.18. The molecule has 0 saturated carbocycles. The van der Waals surface area contributed by atoms with Gasteiger partial charge in [-0.3, -0.25) is 9.78 Å². The van der Waals surface area contributed by atoms with Crippen LogP contribution in [0.5, 0.6) is 0 Å². The molecule has 1 aliphatic heterocycles. The molecule has 1 aromatic heterocycles. The van der Waals surface area contributed by atoms with Crippen LogP contribution in [0.25, 0.3) is 0 Å². The SMILES string of the molecule is Nc1nc(C2CCCNC2)cc(=O)[nH]1. The van der Waals surface area contributed by atoms with E-state index in [0.717, 1.165) is 31.6 Å². The molecule has 0 radical (unpaired) electrons. The smallest absolute Gasteiger partial charge is 0.252 e. The van der Waals surface area contributed by atoms with Crippen molar-refractivity contribution in [2.24, 2.45) is 0 Å². The van der Waals surface area contributed by atoms with Crippen LogP contribution in [0.1, 0.15) is 24.5 Å². The molecule has 1 atom stereocenters. The van der Waals surface area contributed by atoms with Gasteiger partial charge in [-0.2, -0.15) is 0 Å². The first-order valence-electron chi connectivity index (χ1n) is 4.83. The summed E-state index contributed by atoms with van der Waals surface area (Å²) in [6, 6.07) is 1.54. The zero-order valence-corrected chi connectivity index (χ0v) is 7.92. The van der Waals surface area contributed by atoms with Crippen LogP contribution in [0, 0.1) is 0 Å². The Bertz CT molecular complexity index is 367. The number of piperidine rings is 1. The van der Waals surface area contributed by atoms with Gasteiger partial charge < -0.3 is 11.1 Å². The normalized spacial score (nSPS) is 22.1. The fraction of sp³-hybridized carbons (Fsp3) is 0.556. The highest BCUT2D eigenvalue weighted by molar-refractivity contribution is 5.20. The predicted octanol–water partition coefficient (Wildman–Crippen LogP) is -0.181. The van der Waals surface area contributed by atoms with Gasteiger partial charge in [0.05, 0.1) is 5.69 Å². The number of hydrogen-bond donors (Lipinski definition) is 3. The number of H-pyrrole nitrogens is 1. The lowest BCUT2D eigenvalue weighted by molar-refractivity contribution is 0.454. The second-order valence-electron chi connectivity index (χ2n) is 3.60. The molecule has 0 aromatic carbocycles. The zero-order valence-electron chi connectivity index (χ0n) is 7.92. The lowest BCUT2D eigenvalue weighted by Crippen LogP contribution is -2.29. The molecule has 1 fully saturated rings. The van der Waals surface area contributed by atoms with Gasteiger partial charge >= 0.3 is 0 Å². The molecule has 0 spiro atoms. The molecule has 0 aliphatic carbocycles. The third-order valence-corrected chi connectivity index (χ3v) is 2.49. The first kappa shape index (κ1) is 9.21. The van der Waals surface area contributed by atoms with Crippen molar-refractivity contribution in [2.75, 3.05) is 18.8 Å². The summed E-state index contributed by atoms with van der Waals surface area (Å²) in [5.74, 6) is 0.534. The first-order valence-corrected chi connectivity index (χ1v) is 4.83. The van der Waals surface area contributed by atoms with Gasteiger partial charge in [0.1, 0.15) is 0 Å². The predicted molar refractivity (Wildman–Crippen MR) is 54.1 cm³/mol. The van der Waals surface area contributed by atoms with E-state index < -0.39 is 0 Å². The molecule has 5 nitrogen and oxygen atoms in total. The van der Waals surface area contributed by atoms with E-state index in [1.54, 1.807) is 0 Å². The van der Waals surface area contributed by atoms with Crippen LogP contribution in [-0.2, 0) is 0 Å². The van der Waals surface area contributed by atoms with Crippen LogP contribution in [0.15, 0.2) is 10.9 Å². The molecule has 14 heavy (non-hydrogen) atoms. The second kappa shape index (κ2) is 3.79. The Balaban J connectivity index is 2.26. The number of nitrogens with zero attached hydrogens (tertiary/aromatic N) is 1. The Morgan fingerprint density at radius 3 is 3.07 bits per heavy atom. The van der Waals surface area contributed by atoms with Gasteiger partial charge in [0.25, 0.3) is 5.56 Å². The van der Waals surface area contributed by atoms with Gasteiger partial charge in [0, 0.05) is 18.5 Å². The van der Waals surface area contributed by atoms with Crippen LogP contribution < -0.4 is 16.6 Å². The fourth-order valence-electron chi connectivity index (χ4n) is 1.81. The van der Waals surface area contributed by atoms with Gasteiger partial charge in [0.2, 0.25) is 5.95 Å². The molecule has 1 unspecified atom stereocenters. The second-order valence-corrected chi connectivity index (χ2v) is 3.60. The molecular weight excluding hydrogens is 180 g/mol. The summed E-state index contributed by atoms with van der Waals surface area (Å²) in [7, 11) is 0. The van der Waals surface area contributed by atoms with Crippen LogP contribution in [0.4, 0.5) is 5.95 Å². The number of nitrogens with one attached hydrogen (secondary N) is 2. The van der Waals surface area contributed by atoms with E-state index in [1.165, 1.54) is 6.07 Å². The summed E-state index contributed by atoms with van der Waals surface area (Å²) >= 11 is 0. The molecule has 1 aliphatic rings. The van der Waals surface area contributed by atoms with Crippen molar-refractivity contribution in [3.63, 3.8) is 0 Å². The maximum atomic E-state index is 11.2. The minimum atomic E-state index is -0.168. The van der Waals surface area contributed by atoms with E-state index in [0.29, 0.717) is 5.92 Å². The topological polar surface area (TPSA) is 83.8 Å². The third-order valence-electron chi connectivity index (χ3n) is 2.49. The zero-order chi connectivity index (χ0) is 9.97. The van der Waals surface area contributed by atoms with Crippen molar-refractivity contribution < 1.29 is 0 Å². The monoisotopic (exact) mass is 194 g/mol. The average molecular weight is 194 g/mol. The van der Waals surface area contributed by atoms with Gasteiger partial charge in [-0.25, -0.2) is 4.98 Å². The van der Waals surface area contributed by atoms with E-state index in [2.05, 4.69) is 15.3 Å². The molecule has 5 heteroatoms. The molecule has 2 rings (SSSR count). The standard InChI is InChI=1S/C9H14N4O/c10-9-12-7(4-8(14)13-9)6-2-1-3-11-5-6/h4,6,11H,1-3,5H2,(H3,10,12,13,14). The lowest BCUT2D eigenvalue weighted by atomic mass is 9.96. The number of hydrogen-bond acceptors (Lipinski definition) is 4. The van der Waals surface area contributed by atoms with Gasteiger partial charge in [-0.15, -0.1) is 0 Å². The minimum absolute atomic E-state index is 0.168. The van der Waals surface area contributed by atoms with Crippen LogP contribution in [-0.4, -0.2) is 23.1 Å². The van der Waals surface area contributed by atoms with E-state index >= 15 is 0 Å². The fourth-order valence-corrected chi connectivity index (χ4v) is 1.81. The molecule has 1 aromatic rings. The van der Waals surface area contributed by atoms with E-state index in [4.69, 9.17) is 5.73 Å². The number of rotatable bonds is 1. The Hall–Kier alpha value is -1.36. The quantitative estimate of drug-likeness (QED) is 0.579. The number of nitrogens with two attached hydrogens (primary N) is 1. The van der Waals surface area contributed by atoms with E-state index in [9.17, 15) is 4.79 Å². The number of aromatic amines is 1. The maximum Gasteiger partial charge on any atom is 0.252 e. The summed E-state index contributed by atoms with van der Waals surface area (Å²) in [4.78, 5) is 17.7. The van der Waals surface area contributed by atoms with Gasteiger partial charge in [-0.1, -0.05) is 0 Å². The molecule has 4 N–H and O–H groups in total. The van der Waals surface area contributed by atoms with Crippen LogP contribution >= 0.6 is 0 Å². The van der Waals surface area contributed by atoms with Crippen molar-refractivity contribution in [1.29, 1.82) is 0 Å². The van der Waals surface area contributed by atoms with E-state index in [1.807, 2.05) is 0 Å². The van der Waals surface area contributed by atoms with Crippen LogP contribution in [0.2, 0.25) is 0 Å². The summed E-state index contributed by atoms with van der Waals surface area (Å²) in [6.07, 6.45) is 2.20. The third kappa shape index (κ3) is 1.93. The summed E-state index contributed by atoms with van der Waals surface area (Å²) < 4.78 is 0. The molecular formula is C9H14N4O. The molecule has 1 saturated heterocycles. The van der Waals surface area contributed by atoms with Crippen molar-refractivity contribution in [2.45, 2.75) is 18.8 Å². The van der Waals surface area contributed by atoms with Crippen molar-refractivity contribution in [1.82, 2.24) is 15.3 Å². The molecule has 76 valence electrons. The Morgan fingerprint density at radius 2 is 2.43 bits per heavy atom. The van der Waals surface area contributed by atoms with Crippen molar-refractivity contribution in [3.8, 4) is 0 Å². The maximum absolute atomic E-state index is 11.2. The highest BCUT2D eigenvalue weighted by atomic mass is 16.1. The number of anilines is 1. The first-order chi connectivity index (χ1) is 6.75. The molecule has 0 bridgehead atoms. The summed E-state index contributed by atoms with van der Waals surface area (Å²) in [5, 5.41) is 3.28. The highest BCUT2D eigenvalue weighted by Crippen LogP contribution is 2.20. The number of aromatic nitrogens is 2.